The van der Waals surface area contributed by atoms with Crippen molar-refractivity contribution in [1.29, 1.82) is 0 Å². The summed E-state index contributed by atoms with van der Waals surface area (Å²) in [6.07, 6.45) is 4.36. The fourth-order valence-electron chi connectivity index (χ4n) is 1.85. The molecule has 17 heavy (non-hydrogen) atoms. The highest BCUT2D eigenvalue weighted by Gasteiger charge is 2.22. The molecule has 0 aliphatic carbocycles. The molecule has 7 heteroatoms. The van der Waals surface area contributed by atoms with E-state index < -0.39 is 10.0 Å². The number of hydrogen-bond acceptors (Lipinski definition) is 4. The zero-order chi connectivity index (χ0) is 12.3. The summed E-state index contributed by atoms with van der Waals surface area (Å²) in [6.45, 7) is 0.657. The van der Waals surface area contributed by atoms with Crippen LogP contribution in [0.4, 0.5) is 5.82 Å². The Hall–Kier alpha value is -1.08. The molecule has 1 N–H and O–H groups in total. The molecule has 0 spiro atoms. The average molecular weight is 259 g/mol. The van der Waals surface area contributed by atoms with Crippen molar-refractivity contribution < 1.29 is 13.2 Å². The van der Waals surface area contributed by atoms with E-state index in [1.165, 1.54) is 0 Å². The lowest BCUT2D eigenvalue weighted by atomic mass is 10.1. The number of aryl methyl sites for hydroxylation is 1. The van der Waals surface area contributed by atoms with Crippen molar-refractivity contribution in [3.05, 3.63) is 12.3 Å². The molecular formula is C10H17N3O3S. The fourth-order valence-corrected chi connectivity index (χ4v) is 3.12. The van der Waals surface area contributed by atoms with Gasteiger partial charge in [0.15, 0.2) is 5.82 Å². The monoisotopic (exact) mass is 259 g/mol. The van der Waals surface area contributed by atoms with E-state index in [0.717, 1.165) is 19.3 Å². The van der Waals surface area contributed by atoms with Crippen LogP contribution in [0.15, 0.2) is 12.3 Å². The summed E-state index contributed by atoms with van der Waals surface area (Å²) in [5.74, 6) is 0.354. The van der Waals surface area contributed by atoms with Crippen LogP contribution < -0.4 is 4.72 Å². The Kier molecular flexibility index (Phi) is 3.68. The maximum absolute atomic E-state index is 11.8. The molecule has 1 aromatic rings. The molecule has 2 heterocycles. The van der Waals surface area contributed by atoms with Crippen molar-refractivity contribution in [2.75, 3.05) is 17.1 Å². The second kappa shape index (κ2) is 5.05. The van der Waals surface area contributed by atoms with E-state index >= 15 is 0 Å². The molecule has 0 bridgehead atoms. The van der Waals surface area contributed by atoms with Gasteiger partial charge < -0.3 is 4.74 Å². The summed E-state index contributed by atoms with van der Waals surface area (Å²) in [4.78, 5) is 0. The first kappa shape index (κ1) is 12.4. The van der Waals surface area contributed by atoms with E-state index in [2.05, 4.69) is 9.82 Å². The molecule has 0 aromatic carbocycles. The molecule has 1 saturated heterocycles. The quantitative estimate of drug-likeness (QED) is 0.865. The predicted octanol–water partition coefficient (Wildman–Crippen LogP) is 0.731. The zero-order valence-electron chi connectivity index (χ0n) is 9.80. The van der Waals surface area contributed by atoms with Crippen molar-refractivity contribution >= 4 is 15.8 Å². The van der Waals surface area contributed by atoms with Crippen LogP contribution in [0.5, 0.6) is 0 Å². The van der Waals surface area contributed by atoms with Gasteiger partial charge in [-0.1, -0.05) is 0 Å². The summed E-state index contributed by atoms with van der Waals surface area (Å²) in [5.41, 5.74) is 0. The molecule has 6 nitrogen and oxygen atoms in total. The van der Waals surface area contributed by atoms with Crippen LogP contribution in [0, 0.1) is 0 Å². The molecule has 0 unspecified atom stereocenters. The summed E-state index contributed by atoms with van der Waals surface area (Å²) in [7, 11) is -1.63. The lowest BCUT2D eigenvalue weighted by Gasteiger charge is -2.22. The number of aromatic nitrogens is 2. The highest BCUT2D eigenvalue weighted by Crippen LogP contribution is 2.15. The first-order chi connectivity index (χ1) is 8.05. The number of anilines is 1. The third kappa shape index (κ3) is 3.71. The Morgan fingerprint density at radius 2 is 2.41 bits per heavy atom. The molecule has 0 amide bonds. The summed E-state index contributed by atoms with van der Waals surface area (Å²) in [5, 5.41) is 3.97. The van der Waals surface area contributed by atoms with Crippen LogP contribution in [0.2, 0.25) is 0 Å². The molecule has 1 aromatic heterocycles. The van der Waals surface area contributed by atoms with Crippen LogP contribution in [-0.4, -0.2) is 36.7 Å². The Balaban J connectivity index is 1.94. The van der Waals surface area contributed by atoms with Gasteiger partial charge in [0.2, 0.25) is 10.0 Å². The Labute approximate surface area is 101 Å². The predicted molar refractivity (Wildman–Crippen MR) is 64.2 cm³/mol. The molecule has 1 aliphatic heterocycles. The highest BCUT2D eigenvalue weighted by molar-refractivity contribution is 7.92. The van der Waals surface area contributed by atoms with Gasteiger partial charge in [0, 0.05) is 25.9 Å². The second-order valence-electron chi connectivity index (χ2n) is 4.25. The minimum Gasteiger partial charge on any atom is -0.377 e. The molecular weight excluding hydrogens is 242 g/mol. The Morgan fingerprint density at radius 1 is 1.59 bits per heavy atom. The molecule has 0 radical (unpaired) electrons. The van der Waals surface area contributed by atoms with Crippen molar-refractivity contribution in [3.8, 4) is 0 Å². The second-order valence-corrected chi connectivity index (χ2v) is 6.01. The van der Waals surface area contributed by atoms with E-state index in [-0.39, 0.29) is 11.9 Å². The SMILES string of the molecule is Cn1ccc(NS(=O)(=O)C[C@@H]2CCCCO2)n1. The van der Waals surface area contributed by atoms with Gasteiger partial charge in [0.25, 0.3) is 0 Å². The smallest absolute Gasteiger partial charge is 0.236 e. The lowest BCUT2D eigenvalue weighted by Crippen LogP contribution is -2.31. The van der Waals surface area contributed by atoms with Gasteiger partial charge in [0.1, 0.15) is 0 Å². The maximum atomic E-state index is 11.8. The normalized spacial score (nSPS) is 21.4. The van der Waals surface area contributed by atoms with Crippen molar-refractivity contribution in [2.45, 2.75) is 25.4 Å². The number of nitrogens with one attached hydrogen (secondary N) is 1. The van der Waals surface area contributed by atoms with Crippen LogP contribution >= 0.6 is 0 Å². The molecule has 2 rings (SSSR count). The summed E-state index contributed by atoms with van der Waals surface area (Å²) >= 11 is 0. The Morgan fingerprint density at radius 3 is 3.00 bits per heavy atom. The van der Waals surface area contributed by atoms with Gasteiger partial charge in [-0.25, -0.2) is 8.42 Å². The van der Waals surface area contributed by atoms with Gasteiger partial charge in [-0.2, -0.15) is 5.10 Å². The topological polar surface area (TPSA) is 73.2 Å². The third-order valence-electron chi connectivity index (χ3n) is 2.65. The number of nitrogens with zero attached hydrogens (tertiary/aromatic N) is 2. The van der Waals surface area contributed by atoms with E-state index in [4.69, 9.17) is 4.74 Å². The van der Waals surface area contributed by atoms with Gasteiger partial charge in [-0.05, 0) is 19.3 Å². The summed E-state index contributed by atoms with van der Waals surface area (Å²) in [6, 6.07) is 1.62. The molecule has 1 aliphatic rings. The van der Waals surface area contributed by atoms with Crippen molar-refractivity contribution in [2.24, 2.45) is 7.05 Å². The van der Waals surface area contributed by atoms with Crippen LogP contribution in [0.25, 0.3) is 0 Å². The first-order valence-electron chi connectivity index (χ1n) is 5.67. The van der Waals surface area contributed by atoms with Crippen LogP contribution in [0.1, 0.15) is 19.3 Å². The number of hydrogen-bond donors (Lipinski definition) is 1. The van der Waals surface area contributed by atoms with E-state index in [1.54, 1.807) is 24.0 Å². The fraction of sp³-hybridized carbons (Fsp3) is 0.700. The minimum absolute atomic E-state index is 0.00355. The van der Waals surface area contributed by atoms with E-state index in [0.29, 0.717) is 12.4 Å². The van der Waals surface area contributed by atoms with E-state index in [9.17, 15) is 8.42 Å². The van der Waals surface area contributed by atoms with Crippen molar-refractivity contribution in [1.82, 2.24) is 9.78 Å². The average Bonchev–Trinajstić information content (AvgIpc) is 2.63. The first-order valence-corrected chi connectivity index (χ1v) is 7.32. The zero-order valence-corrected chi connectivity index (χ0v) is 10.6. The molecule has 1 atom stereocenters. The number of rotatable bonds is 4. The molecule has 96 valence electrons. The Bertz CT molecular complexity index is 463. The van der Waals surface area contributed by atoms with Crippen molar-refractivity contribution in [3.63, 3.8) is 0 Å². The van der Waals surface area contributed by atoms with Gasteiger partial charge in [-0.15, -0.1) is 0 Å². The molecule has 0 saturated carbocycles. The maximum Gasteiger partial charge on any atom is 0.236 e. The minimum atomic E-state index is -3.37. The van der Waals surface area contributed by atoms with Gasteiger partial charge >= 0.3 is 0 Å². The highest BCUT2D eigenvalue weighted by atomic mass is 32.2. The number of sulfonamides is 1. The third-order valence-corrected chi connectivity index (χ3v) is 3.98. The van der Waals surface area contributed by atoms with Crippen LogP contribution in [0.3, 0.4) is 0 Å². The lowest BCUT2D eigenvalue weighted by molar-refractivity contribution is 0.0306. The standard InChI is InChI=1S/C10H17N3O3S/c1-13-6-5-10(11-13)12-17(14,15)8-9-4-2-3-7-16-9/h5-6,9H,2-4,7-8H2,1H3,(H,11,12)/t9-/m0/s1. The largest absolute Gasteiger partial charge is 0.377 e. The summed E-state index contributed by atoms with van der Waals surface area (Å²) < 4.78 is 33.1. The van der Waals surface area contributed by atoms with Gasteiger partial charge in [0.05, 0.1) is 11.9 Å². The molecule has 1 fully saturated rings. The van der Waals surface area contributed by atoms with Crippen LogP contribution in [-0.2, 0) is 21.8 Å². The number of ether oxygens (including phenoxy) is 1. The van der Waals surface area contributed by atoms with Gasteiger partial charge in [-0.3, -0.25) is 9.40 Å². The van der Waals surface area contributed by atoms with E-state index in [1.807, 2.05) is 0 Å².